The van der Waals surface area contributed by atoms with E-state index in [1.807, 2.05) is 22.6 Å². The molecule has 0 radical (unpaired) electrons. The van der Waals surface area contributed by atoms with Crippen LogP contribution in [0, 0.1) is 3.57 Å². The van der Waals surface area contributed by atoms with Gasteiger partial charge in [0.2, 0.25) is 0 Å². The Morgan fingerprint density at radius 2 is 2.11 bits per heavy atom. The largest absolute Gasteiger partial charge is 0.573 e. The Bertz CT molecular complexity index is 403. The Hall–Kier alpha value is -0.410. The number of anilines is 1. The van der Waals surface area contributed by atoms with E-state index in [0.717, 1.165) is 0 Å². The monoisotopic (exact) mass is 395 g/mol. The number of ether oxygens (including phenoxy) is 1. The van der Waals surface area contributed by atoms with Crippen LogP contribution in [0.15, 0.2) is 18.2 Å². The number of hydrogen-bond acceptors (Lipinski definition) is 3. The molecule has 0 saturated heterocycles. The van der Waals surface area contributed by atoms with Gasteiger partial charge < -0.3 is 15.2 Å². The van der Waals surface area contributed by atoms with Gasteiger partial charge >= 0.3 is 6.36 Å². The lowest BCUT2D eigenvalue weighted by molar-refractivity contribution is -0.274. The highest BCUT2D eigenvalue weighted by molar-refractivity contribution is 14.1. The third-order valence-electron chi connectivity index (χ3n) is 1.88. The van der Waals surface area contributed by atoms with Crippen molar-refractivity contribution in [2.75, 3.05) is 17.7 Å². The van der Waals surface area contributed by atoms with Gasteiger partial charge in [0.25, 0.3) is 0 Å². The van der Waals surface area contributed by atoms with Crippen LogP contribution in [-0.2, 0) is 0 Å². The number of benzene rings is 1. The first-order valence-corrected chi connectivity index (χ1v) is 6.46. The molecule has 0 saturated carbocycles. The number of halogens is 5. The molecule has 0 amide bonds. The molecule has 0 aliphatic carbocycles. The van der Waals surface area contributed by atoms with Crippen molar-refractivity contribution in [1.82, 2.24) is 0 Å². The quantitative estimate of drug-likeness (QED) is 0.594. The van der Waals surface area contributed by atoms with Crippen LogP contribution < -0.4 is 10.1 Å². The minimum Gasteiger partial charge on any atom is -0.406 e. The van der Waals surface area contributed by atoms with E-state index in [-0.39, 0.29) is 18.2 Å². The lowest BCUT2D eigenvalue weighted by atomic mass is 10.3. The summed E-state index contributed by atoms with van der Waals surface area (Å²) in [6, 6.07) is 3.90. The van der Waals surface area contributed by atoms with Crippen molar-refractivity contribution in [2.24, 2.45) is 0 Å². The SMILES string of the molecule is OC(CCl)CNc1ccc(OC(F)(F)F)cc1I. The molecule has 0 spiro atoms. The highest BCUT2D eigenvalue weighted by atomic mass is 127. The lowest BCUT2D eigenvalue weighted by Crippen LogP contribution is -2.21. The number of hydrogen-bond donors (Lipinski definition) is 2. The van der Waals surface area contributed by atoms with Crippen LogP contribution in [-0.4, -0.2) is 30.0 Å². The first kappa shape index (κ1) is 15.6. The molecule has 1 atom stereocenters. The molecule has 0 bridgehead atoms. The zero-order valence-electron chi connectivity index (χ0n) is 8.97. The maximum absolute atomic E-state index is 12.0. The molecule has 1 aromatic carbocycles. The molecule has 0 aromatic heterocycles. The normalized spacial score (nSPS) is 13.2. The Morgan fingerprint density at radius 3 is 2.61 bits per heavy atom. The fourth-order valence-corrected chi connectivity index (χ4v) is 1.91. The van der Waals surface area contributed by atoms with Gasteiger partial charge in [0, 0.05) is 15.8 Å². The first-order chi connectivity index (χ1) is 8.31. The summed E-state index contributed by atoms with van der Waals surface area (Å²) in [4.78, 5) is 0. The topological polar surface area (TPSA) is 41.5 Å². The third kappa shape index (κ3) is 5.49. The van der Waals surface area contributed by atoms with E-state index in [2.05, 4.69) is 10.1 Å². The van der Waals surface area contributed by atoms with Crippen LogP contribution in [0.25, 0.3) is 0 Å². The molecule has 0 aliphatic heterocycles. The molecule has 102 valence electrons. The summed E-state index contributed by atoms with van der Waals surface area (Å²) in [5, 5.41) is 12.1. The molecule has 3 nitrogen and oxygen atoms in total. The van der Waals surface area contributed by atoms with Crippen molar-refractivity contribution >= 4 is 39.9 Å². The van der Waals surface area contributed by atoms with E-state index in [0.29, 0.717) is 9.26 Å². The van der Waals surface area contributed by atoms with Crippen LogP contribution in [0.2, 0.25) is 0 Å². The van der Waals surface area contributed by atoms with Crippen LogP contribution >= 0.6 is 34.2 Å². The zero-order chi connectivity index (χ0) is 13.8. The van der Waals surface area contributed by atoms with E-state index >= 15 is 0 Å². The number of aliphatic hydroxyl groups excluding tert-OH is 1. The molecule has 1 unspecified atom stereocenters. The highest BCUT2D eigenvalue weighted by Crippen LogP contribution is 2.28. The van der Waals surface area contributed by atoms with Crippen molar-refractivity contribution in [3.05, 3.63) is 21.8 Å². The minimum atomic E-state index is -4.70. The predicted octanol–water partition coefficient (Wildman–Crippen LogP) is 3.20. The van der Waals surface area contributed by atoms with Crippen LogP contribution in [0.1, 0.15) is 0 Å². The number of nitrogens with one attached hydrogen (secondary N) is 1. The number of aliphatic hydroxyl groups is 1. The first-order valence-electron chi connectivity index (χ1n) is 4.85. The smallest absolute Gasteiger partial charge is 0.406 e. The van der Waals surface area contributed by atoms with Gasteiger partial charge in [-0.3, -0.25) is 0 Å². The molecular weight excluding hydrogens is 385 g/mol. The molecule has 18 heavy (non-hydrogen) atoms. The molecular formula is C10H10ClF3INO2. The second-order valence-corrected chi connectivity index (χ2v) is 4.85. The Morgan fingerprint density at radius 1 is 1.44 bits per heavy atom. The second-order valence-electron chi connectivity index (χ2n) is 3.38. The molecule has 0 fully saturated rings. The van der Waals surface area contributed by atoms with Gasteiger partial charge in [-0.2, -0.15) is 0 Å². The second kappa shape index (κ2) is 6.67. The van der Waals surface area contributed by atoms with Crippen molar-refractivity contribution in [3.63, 3.8) is 0 Å². The van der Waals surface area contributed by atoms with Crippen molar-refractivity contribution in [2.45, 2.75) is 12.5 Å². The molecule has 1 rings (SSSR count). The molecule has 0 aliphatic rings. The van der Waals surface area contributed by atoms with Gasteiger partial charge in [-0.05, 0) is 40.8 Å². The third-order valence-corrected chi connectivity index (χ3v) is 3.13. The molecule has 0 heterocycles. The van der Waals surface area contributed by atoms with Crippen LogP contribution in [0.5, 0.6) is 5.75 Å². The summed E-state index contributed by atoms with van der Waals surface area (Å²) in [7, 11) is 0. The molecule has 1 aromatic rings. The van der Waals surface area contributed by atoms with Crippen LogP contribution in [0.3, 0.4) is 0 Å². The maximum atomic E-state index is 12.0. The Kier molecular flexibility index (Phi) is 5.80. The van der Waals surface area contributed by atoms with E-state index < -0.39 is 12.5 Å². The number of rotatable bonds is 5. The van der Waals surface area contributed by atoms with E-state index in [9.17, 15) is 18.3 Å². The summed E-state index contributed by atoms with van der Waals surface area (Å²) >= 11 is 7.29. The number of alkyl halides is 4. The highest BCUT2D eigenvalue weighted by Gasteiger charge is 2.31. The van der Waals surface area contributed by atoms with Crippen molar-refractivity contribution in [3.8, 4) is 5.75 Å². The Balaban J connectivity index is 2.68. The van der Waals surface area contributed by atoms with Crippen LogP contribution in [0.4, 0.5) is 18.9 Å². The van der Waals surface area contributed by atoms with E-state index in [1.165, 1.54) is 18.2 Å². The van der Waals surface area contributed by atoms with E-state index in [4.69, 9.17) is 11.6 Å². The van der Waals surface area contributed by atoms with Crippen molar-refractivity contribution in [1.29, 1.82) is 0 Å². The summed E-state index contributed by atoms with van der Waals surface area (Å²) < 4.78 is 40.3. The fourth-order valence-electron chi connectivity index (χ4n) is 1.12. The van der Waals surface area contributed by atoms with E-state index in [1.54, 1.807) is 0 Å². The standard InChI is InChI=1S/C10H10ClF3INO2/c11-4-6(17)5-16-9-2-1-7(3-8(9)15)18-10(12,13)14/h1-3,6,16-17H,4-5H2. The van der Waals surface area contributed by atoms with Gasteiger partial charge in [-0.25, -0.2) is 0 Å². The van der Waals surface area contributed by atoms with Gasteiger partial charge in [0.15, 0.2) is 0 Å². The summed E-state index contributed by atoms with van der Waals surface area (Å²) in [6.07, 6.45) is -5.42. The average molecular weight is 396 g/mol. The summed E-state index contributed by atoms with van der Waals surface area (Å²) in [6.45, 7) is 0.221. The summed E-state index contributed by atoms with van der Waals surface area (Å²) in [5.74, 6) is -0.200. The van der Waals surface area contributed by atoms with Crippen molar-refractivity contribution < 1.29 is 23.0 Å². The molecule has 2 N–H and O–H groups in total. The maximum Gasteiger partial charge on any atom is 0.573 e. The minimum absolute atomic E-state index is 0.0822. The molecule has 8 heteroatoms. The zero-order valence-corrected chi connectivity index (χ0v) is 11.9. The van der Waals surface area contributed by atoms with Gasteiger partial charge in [0.1, 0.15) is 5.75 Å². The average Bonchev–Trinajstić information content (AvgIpc) is 2.25. The summed E-state index contributed by atoms with van der Waals surface area (Å²) in [5.41, 5.74) is 0.606. The predicted molar refractivity (Wildman–Crippen MR) is 71.1 cm³/mol. The Labute approximate surface area is 120 Å². The lowest BCUT2D eigenvalue weighted by Gasteiger charge is -2.13. The fraction of sp³-hybridized carbons (Fsp3) is 0.400. The van der Waals surface area contributed by atoms with Gasteiger partial charge in [0.05, 0.1) is 12.0 Å². The van der Waals surface area contributed by atoms with Gasteiger partial charge in [-0.15, -0.1) is 24.8 Å². The van der Waals surface area contributed by atoms with Gasteiger partial charge in [-0.1, -0.05) is 0 Å².